The molecule has 5 rings (SSSR count). The summed E-state index contributed by atoms with van der Waals surface area (Å²) in [6.07, 6.45) is 8.09. The lowest BCUT2D eigenvalue weighted by Crippen LogP contribution is -2.58. The SMILES string of the molecule is Oc1ccc(F)cc1CNC12CC3CC(CC(C3)C1)C2. The maximum atomic E-state index is 13.3. The van der Waals surface area contributed by atoms with Gasteiger partial charge in [-0.1, -0.05) is 0 Å². The second-order valence-electron chi connectivity index (χ2n) is 7.32. The number of rotatable bonds is 3. The summed E-state index contributed by atoms with van der Waals surface area (Å²) < 4.78 is 13.3. The molecule has 4 aliphatic rings. The molecule has 2 N–H and O–H groups in total. The number of hydrogen-bond acceptors (Lipinski definition) is 2. The Labute approximate surface area is 119 Å². The van der Waals surface area contributed by atoms with E-state index in [1.54, 1.807) is 0 Å². The van der Waals surface area contributed by atoms with E-state index in [0.717, 1.165) is 17.8 Å². The van der Waals surface area contributed by atoms with E-state index in [9.17, 15) is 9.50 Å². The first kappa shape index (κ1) is 12.6. The fraction of sp³-hybridized carbons (Fsp3) is 0.647. The van der Waals surface area contributed by atoms with Gasteiger partial charge in [-0.3, -0.25) is 0 Å². The average Bonchev–Trinajstić information content (AvgIpc) is 2.38. The lowest BCUT2D eigenvalue weighted by atomic mass is 9.53. The Morgan fingerprint density at radius 3 is 2.30 bits per heavy atom. The van der Waals surface area contributed by atoms with Crippen LogP contribution in [0.1, 0.15) is 44.1 Å². The van der Waals surface area contributed by atoms with Crippen LogP contribution in [-0.4, -0.2) is 10.6 Å². The topological polar surface area (TPSA) is 32.3 Å². The normalized spacial score (nSPS) is 38.4. The van der Waals surface area contributed by atoms with Crippen LogP contribution in [0.3, 0.4) is 0 Å². The van der Waals surface area contributed by atoms with Crippen molar-refractivity contribution < 1.29 is 9.50 Å². The summed E-state index contributed by atoms with van der Waals surface area (Å²) in [7, 11) is 0. The van der Waals surface area contributed by atoms with Crippen molar-refractivity contribution in [3.05, 3.63) is 29.6 Å². The molecule has 0 amide bonds. The van der Waals surface area contributed by atoms with Crippen LogP contribution >= 0.6 is 0 Å². The van der Waals surface area contributed by atoms with Gasteiger partial charge in [0.2, 0.25) is 0 Å². The van der Waals surface area contributed by atoms with Crippen LogP contribution in [0.2, 0.25) is 0 Å². The van der Waals surface area contributed by atoms with Crippen LogP contribution in [0.15, 0.2) is 18.2 Å². The molecule has 108 valence electrons. The first-order valence-corrected chi connectivity index (χ1v) is 7.84. The molecule has 0 atom stereocenters. The third-order valence-corrected chi connectivity index (χ3v) is 5.73. The average molecular weight is 275 g/mol. The molecular weight excluding hydrogens is 253 g/mol. The molecule has 4 aliphatic carbocycles. The lowest BCUT2D eigenvalue weighted by Gasteiger charge is -2.57. The van der Waals surface area contributed by atoms with Crippen LogP contribution in [-0.2, 0) is 6.54 Å². The molecule has 0 aromatic heterocycles. The van der Waals surface area contributed by atoms with Crippen molar-refractivity contribution in [2.75, 3.05) is 0 Å². The summed E-state index contributed by atoms with van der Waals surface area (Å²) >= 11 is 0. The van der Waals surface area contributed by atoms with E-state index in [0.29, 0.717) is 12.1 Å². The van der Waals surface area contributed by atoms with Gasteiger partial charge >= 0.3 is 0 Å². The van der Waals surface area contributed by atoms with Gasteiger partial charge in [0.25, 0.3) is 0 Å². The quantitative estimate of drug-likeness (QED) is 0.883. The summed E-state index contributed by atoms with van der Waals surface area (Å²) in [6.45, 7) is 0.579. The van der Waals surface area contributed by atoms with Crippen LogP contribution < -0.4 is 5.32 Å². The van der Waals surface area contributed by atoms with Gasteiger partial charge in [-0.15, -0.1) is 0 Å². The van der Waals surface area contributed by atoms with Gasteiger partial charge in [-0.25, -0.2) is 4.39 Å². The van der Waals surface area contributed by atoms with Crippen molar-refractivity contribution in [1.29, 1.82) is 0 Å². The number of benzene rings is 1. The van der Waals surface area contributed by atoms with E-state index in [1.807, 2.05) is 0 Å². The van der Waals surface area contributed by atoms with Gasteiger partial charge < -0.3 is 10.4 Å². The fourth-order valence-electron chi connectivity index (χ4n) is 5.31. The second kappa shape index (κ2) is 4.45. The Hall–Kier alpha value is -1.09. The number of phenols is 1. The van der Waals surface area contributed by atoms with Gasteiger partial charge in [-0.2, -0.15) is 0 Å². The van der Waals surface area contributed by atoms with Gasteiger partial charge in [-0.05, 0) is 74.5 Å². The Bertz CT molecular complexity index is 492. The monoisotopic (exact) mass is 275 g/mol. The minimum Gasteiger partial charge on any atom is -0.508 e. The van der Waals surface area contributed by atoms with E-state index in [4.69, 9.17) is 0 Å². The van der Waals surface area contributed by atoms with Crippen LogP contribution in [0.4, 0.5) is 4.39 Å². The van der Waals surface area contributed by atoms with Gasteiger partial charge in [0, 0.05) is 17.6 Å². The Kier molecular flexibility index (Phi) is 2.81. The maximum absolute atomic E-state index is 13.3. The van der Waals surface area contributed by atoms with Crippen molar-refractivity contribution in [2.24, 2.45) is 17.8 Å². The molecule has 20 heavy (non-hydrogen) atoms. The lowest BCUT2D eigenvalue weighted by molar-refractivity contribution is -0.0206. The number of phenolic OH excluding ortho intramolecular Hbond substituents is 1. The molecule has 1 aromatic carbocycles. The molecule has 0 unspecified atom stereocenters. The summed E-state index contributed by atoms with van der Waals surface area (Å²) in [5, 5.41) is 13.5. The number of nitrogens with one attached hydrogen (secondary N) is 1. The van der Waals surface area contributed by atoms with E-state index in [2.05, 4.69) is 5.32 Å². The molecule has 4 bridgehead atoms. The minimum absolute atomic E-state index is 0.198. The fourth-order valence-corrected chi connectivity index (χ4v) is 5.31. The molecule has 4 fully saturated rings. The molecule has 0 heterocycles. The molecule has 0 saturated heterocycles. The summed E-state index contributed by atoms with van der Waals surface area (Å²) in [5.41, 5.74) is 0.939. The smallest absolute Gasteiger partial charge is 0.123 e. The van der Waals surface area contributed by atoms with E-state index >= 15 is 0 Å². The highest BCUT2D eigenvalue weighted by molar-refractivity contribution is 5.32. The first-order chi connectivity index (χ1) is 9.62. The Morgan fingerprint density at radius 2 is 1.70 bits per heavy atom. The molecule has 2 nitrogen and oxygen atoms in total. The predicted molar refractivity (Wildman–Crippen MR) is 75.8 cm³/mol. The predicted octanol–water partition coefficient (Wildman–Crippen LogP) is 3.59. The Balaban J connectivity index is 1.50. The van der Waals surface area contributed by atoms with E-state index in [1.165, 1.54) is 56.7 Å². The number of halogens is 1. The van der Waals surface area contributed by atoms with Crippen LogP contribution in [0.25, 0.3) is 0 Å². The molecular formula is C17H22FNO. The summed E-state index contributed by atoms with van der Waals surface area (Å²) in [4.78, 5) is 0. The zero-order valence-corrected chi connectivity index (χ0v) is 11.7. The van der Waals surface area contributed by atoms with Gasteiger partial charge in [0.15, 0.2) is 0 Å². The van der Waals surface area contributed by atoms with Gasteiger partial charge in [0.1, 0.15) is 11.6 Å². The molecule has 0 radical (unpaired) electrons. The van der Waals surface area contributed by atoms with E-state index in [-0.39, 0.29) is 17.1 Å². The third kappa shape index (κ3) is 2.12. The van der Waals surface area contributed by atoms with Crippen molar-refractivity contribution in [2.45, 2.75) is 50.6 Å². The number of aromatic hydroxyl groups is 1. The zero-order chi connectivity index (χ0) is 13.7. The third-order valence-electron chi connectivity index (χ3n) is 5.73. The Morgan fingerprint density at radius 1 is 1.10 bits per heavy atom. The van der Waals surface area contributed by atoms with E-state index < -0.39 is 0 Å². The van der Waals surface area contributed by atoms with Crippen LogP contribution in [0, 0.1) is 23.6 Å². The van der Waals surface area contributed by atoms with Crippen molar-refractivity contribution >= 4 is 0 Å². The van der Waals surface area contributed by atoms with Gasteiger partial charge in [0.05, 0.1) is 0 Å². The highest BCUT2D eigenvalue weighted by Crippen LogP contribution is 2.55. The molecule has 3 heteroatoms. The summed E-state index contributed by atoms with van der Waals surface area (Å²) in [6, 6.07) is 4.21. The zero-order valence-electron chi connectivity index (χ0n) is 11.7. The van der Waals surface area contributed by atoms with Crippen molar-refractivity contribution in [3.8, 4) is 5.75 Å². The first-order valence-electron chi connectivity index (χ1n) is 7.84. The van der Waals surface area contributed by atoms with Crippen LogP contribution in [0.5, 0.6) is 5.75 Å². The molecule has 0 aliphatic heterocycles. The highest BCUT2D eigenvalue weighted by atomic mass is 19.1. The standard InChI is InChI=1S/C17H22FNO/c18-15-1-2-16(20)14(6-15)10-19-17-7-11-3-12(8-17)5-13(4-11)9-17/h1-2,6,11-13,19-20H,3-5,7-10H2. The summed E-state index contributed by atoms with van der Waals surface area (Å²) in [5.74, 6) is 2.62. The maximum Gasteiger partial charge on any atom is 0.123 e. The molecule has 1 aromatic rings. The largest absolute Gasteiger partial charge is 0.508 e. The number of hydrogen-bond donors (Lipinski definition) is 2. The minimum atomic E-state index is -0.273. The molecule has 0 spiro atoms. The van der Waals surface area contributed by atoms with Crippen molar-refractivity contribution in [3.63, 3.8) is 0 Å². The second-order valence-corrected chi connectivity index (χ2v) is 7.32. The highest BCUT2D eigenvalue weighted by Gasteiger charge is 2.50. The molecule has 4 saturated carbocycles. The van der Waals surface area contributed by atoms with Crippen molar-refractivity contribution in [1.82, 2.24) is 5.32 Å².